The van der Waals surface area contributed by atoms with Crippen molar-refractivity contribution in [1.29, 1.82) is 0 Å². The minimum atomic E-state index is -4.57. The van der Waals surface area contributed by atoms with E-state index >= 15 is 0 Å². The number of fused-ring (bicyclic) bond motifs is 6. The molecule has 0 spiro atoms. The Morgan fingerprint density at radius 3 is 2.37 bits per heavy atom. The van der Waals surface area contributed by atoms with Gasteiger partial charge in [0, 0.05) is 12.0 Å². The van der Waals surface area contributed by atoms with E-state index in [1.807, 2.05) is 20.8 Å². The summed E-state index contributed by atoms with van der Waals surface area (Å²) < 4.78 is 43.0. The number of amides is 2. The lowest BCUT2D eigenvalue weighted by molar-refractivity contribution is -0.187. The number of alkyl halides is 3. The Labute approximate surface area is 253 Å². The van der Waals surface area contributed by atoms with E-state index in [-0.39, 0.29) is 47.8 Å². The van der Waals surface area contributed by atoms with E-state index in [4.69, 9.17) is 5.73 Å². The molecule has 6 nitrogen and oxygen atoms in total. The SMILES string of the molecule is CC.Cc1ccc2cc1C(CC(C)(C)C)NC(=O)c1ccc3c(c1)[C@@H](C(C(F)(F)F)C3)N1C(=O)CC(CCCC2)N=C1N. The number of hydrogen-bond donors (Lipinski definition) is 2. The fourth-order valence-electron chi connectivity index (χ4n) is 6.59. The van der Waals surface area contributed by atoms with Crippen LogP contribution in [0.3, 0.4) is 0 Å². The summed E-state index contributed by atoms with van der Waals surface area (Å²) >= 11 is 0. The Bertz CT molecular complexity index is 1380. The van der Waals surface area contributed by atoms with Gasteiger partial charge in [0.05, 0.1) is 24.0 Å². The Balaban J connectivity index is 0.00000207. The third-order valence-corrected chi connectivity index (χ3v) is 8.58. The highest BCUT2D eigenvalue weighted by atomic mass is 19.4. The maximum absolute atomic E-state index is 14.3. The van der Waals surface area contributed by atoms with Crippen molar-refractivity contribution in [3.8, 4) is 0 Å². The molecule has 0 aromatic heterocycles. The van der Waals surface area contributed by atoms with Crippen molar-refractivity contribution in [3.63, 3.8) is 0 Å². The fourth-order valence-corrected chi connectivity index (χ4v) is 6.59. The summed E-state index contributed by atoms with van der Waals surface area (Å²) in [4.78, 5) is 32.6. The summed E-state index contributed by atoms with van der Waals surface area (Å²) in [6.45, 7) is 12.4. The predicted octanol–water partition coefficient (Wildman–Crippen LogP) is 7.35. The maximum Gasteiger partial charge on any atom is 0.394 e. The van der Waals surface area contributed by atoms with E-state index in [0.29, 0.717) is 24.0 Å². The smallest absolute Gasteiger partial charge is 0.369 e. The van der Waals surface area contributed by atoms with E-state index in [9.17, 15) is 22.8 Å². The zero-order chi connectivity index (χ0) is 31.7. The Hall–Kier alpha value is -3.36. The first-order valence-corrected chi connectivity index (χ1v) is 15.5. The number of aliphatic imine (C=N–C) groups is 1. The van der Waals surface area contributed by atoms with Crippen LogP contribution in [0.1, 0.15) is 117 Å². The molecule has 3 unspecified atom stereocenters. The van der Waals surface area contributed by atoms with Crippen LogP contribution < -0.4 is 11.1 Å². The zero-order valence-corrected chi connectivity index (χ0v) is 26.1. The zero-order valence-electron chi connectivity index (χ0n) is 26.1. The highest BCUT2D eigenvalue weighted by molar-refractivity contribution is 5.99. The molecule has 2 aromatic rings. The van der Waals surface area contributed by atoms with Crippen LogP contribution in [0.2, 0.25) is 0 Å². The molecule has 3 heterocycles. The average Bonchev–Trinajstić information content (AvgIpc) is 3.30. The van der Waals surface area contributed by atoms with Gasteiger partial charge in [-0.15, -0.1) is 0 Å². The highest BCUT2D eigenvalue weighted by Gasteiger charge is 2.54. The van der Waals surface area contributed by atoms with E-state index in [0.717, 1.165) is 35.3 Å². The average molecular weight is 599 g/mol. The molecule has 0 saturated carbocycles. The molecule has 3 N–H and O–H groups in total. The molecular formula is C34H45F3N4O2. The molecule has 4 aliphatic rings. The largest absolute Gasteiger partial charge is 0.394 e. The second-order valence-electron chi connectivity index (χ2n) is 13.0. The number of nitrogens with zero attached hydrogens (tertiary/aromatic N) is 2. The highest BCUT2D eigenvalue weighted by Crippen LogP contribution is 2.49. The number of aryl methyl sites for hydroxylation is 2. The van der Waals surface area contributed by atoms with Crippen molar-refractivity contribution >= 4 is 17.8 Å². The minimum absolute atomic E-state index is 0.0143. The first kappa shape index (κ1) is 32.6. The monoisotopic (exact) mass is 598 g/mol. The molecular weight excluding hydrogens is 553 g/mol. The van der Waals surface area contributed by atoms with Gasteiger partial charge in [-0.1, -0.05) is 65.3 Å². The number of rotatable bonds is 1. The lowest BCUT2D eigenvalue weighted by atomic mass is 9.83. The van der Waals surface area contributed by atoms with Crippen LogP contribution in [0.15, 0.2) is 41.4 Å². The van der Waals surface area contributed by atoms with Crippen LogP contribution in [-0.2, 0) is 17.6 Å². The van der Waals surface area contributed by atoms with Gasteiger partial charge in [0.15, 0.2) is 5.96 Å². The van der Waals surface area contributed by atoms with Gasteiger partial charge >= 0.3 is 6.18 Å². The molecule has 0 fully saturated rings. The summed E-state index contributed by atoms with van der Waals surface area (Å²) in [6.07, 6.45) is -1.02. The number of guanidine groups is 1. The minimum Gasteiger partial charge on any atom is -0.369 e. The van der Waals surface area contributed by atoms with Gasteiger partial charge < -0.3 is 11.1 Å². The number of benzene rings is 2. The van der Waals surface area contributed by atoms with E-state index < -0.39 is 24.0 Å². The third-order valence-electron chi connectivity index (χ3n) is 8.58. The van der Waals surface area contributed by atoms with Crippen molar-refractivity contribution in [2.75, 3.05) is 0 Å². The van der Waals surface area contributed by atoms with E-state index in [2.05, 4.69) is 49.3 Å². The number of hydrogen-bond acceptors (Lipinski definition) is 4. The van der Waals surface area contributed by atoms with Crippen LogP contribution in [0, 0.1) is 18.3 Å². The molecule has 4 atom stereocenters. The number of nitrogens with one attached hydrogen (secondary N) is 1. The van der Waals surface area contributed by atoms with Crippen LogP contribution >= 0.6 is 0 Å². The van der Waals surface area contributed by atoms with Gasteiger partial charge in [0.25, 0.3) is 5.91 Å². The molecule has 9 heteroatoms. The molecule has 6 rings (SSSR count). The molecule has 2 amide bonds. The Morgan fingerprint density at radius 1 is 1.00 bits per heavy atom. The summed E-state index contributed by atoms with van der Waals surface area (Å²) in [6, 6.07) is 9.03. The van der Waals surface area contributed by atoms with Crippen LogP contribution in [-0.4, -0.2) is 34.9 Å². The van der Waals surface area contributed by atoms with E-state index in [1.54, 1.807) is 12.1 Å². The lowest BCUT2D eigenvalue weighted by Gasteiger charge is -2.37. The quantitative estimate of drug-likeness (QED) is 0.360. The number of halogens is 3. The lowest BCUT2D eigenvalue weighted by Crippen LogP contribution is -2.51. The van der Waals surface area contributed by atoms with Crippen molar-refractivity contribution < 1.29 is 22.8 Å². The van der Waals surface area contributed by atoms with Crippen LogP contribution in [0.5, 0.6) is 0 Å². The second-order valence-corrected chi connectivity index (χ2v) is 13.0. The topological polar surface area (TPSA) is 87.8 Å². The molecule has 0 radical (unpaired) electrons. The molecule has 0 saturated heterocycles. The molecule has 3 aliphatic heterocycles. The van der Waals surface area contributed by atoms with Crippen molar-refractivity contribution in [2.24, 2.45) is 22.1 Å². The maximum atomic E-state index is 14.3. The first-order valence-electron chi connectivity index (χ1n) is 15.5. The molecule has 2 aromatic carbocycles. The second kappa shape index (κ2) is 12.7. The first-order chi connectivity index (χ1) is 20.2. The molecule has 6 bridgehead atoms. The third kappa shape index (κ3) is 7.24. The van der Waals surface area contributed by atoms with Crippen LogP contribution in [0.25, 0.3) is 0 Å². The van der Waals surface area contributed by atoms with Gasteiger partial charge in [-0.25, -0.2) is 4.99 Å². The molecule has 43 heavy (non-hydrogen) atoms. The summed E-state index contributed by atoms with van der Waals surface area (Å²) in [5.41, 5.74) is 10.5. The number of nitrogens with two attached hydrogens (primary N) is 1. The summed E-state index contributed by atoms with van der Waals surface area (Å²) in [5, 5.41) is 3.19. The molecule has 1 aliphatic carbocycles. The van der Waals surface area contributed by atoms with Gasteiger partial charge in [-0.2, -0.15) is 13.2 Å². The van der Waals surface area contributed by atoms with Gasteiger partial charge in [-0.05, 0) is 84.4 Å². The van der Waals surface area contributed by atoms with Crippen molar-refractivity contribution in [2.45, 2.75) is 111 Å². The standard InChI is InChI=1S/C32H39F3N4O2.C2H6/c1-18-9-10-19-7-5-6-8-22-16-27(40)39(30(36)37-22)28-24-14-21(12-11-20(24)15-25(28)32(33,34)35)29(41)38-26(23(18)13-19)17-31(2,3)4;1-2/h9-14,22,25-26,28H,5-8,15-17H2,1-4H3,(H2,36,37)(H,38,41);1-2H3/t22?,25?,26?,28-;/m0./s1. The number of carbonyl (C=O) groups excluding carboxylic acids is 2. The van der Waals surface area contributed by atoms with Crippen LogP contribution in [0.4, 0.5) is 13.2 Å². The van der Waals surface area contributed by atoms with Gasteiger partial charge in [0.1, 0.15) is 0 Å². The Kier molecular flexibility index (Phi) is 9.62. The van der Waals surface area contributed by atoms with Gasteiger partial charge in [0.2, 0.25) is 5.91 Å². The predicted molar refractivity (Wildman–Crippen MR) is 164 cm³/mol. The fraction of sp³-hybridized carbons (Fsp3) is 0.559. The Morgan fingerprint density at radius 2 is 1.72 bits per heavy atom. The number of carbonyl (C=O) groups is 2. The summed E-state index contributed by atoms with van der Waals surface area (Å²) in [5.74, 6) is -2.84. The summed E-state index contributed by atoms with van der Waals surface area (Å²) in [7, 11) is 0. The van der Waals surface area contributed by atoms with E-state index in [1.165, 1.54) is 11.6 Å². The molecule has 234 valence electrons. The van der Waals surface area contributed by atoms with Crippen molar-refractivity contribution in [1.82, 2.24) is 10.2 Å². The normalized spacial score (nSPS) is 24.4. The van der Waals surface area contributed by atoms with Gasteiger partial charge in [-0.3, -0.25) is 14.5 Å². The van der Waals surface area contributed by atoms with Crippen molar-refractivity contribution in [3.05, 3.63) is 69.8 Å².